The van der Waals surface area contributed by atoms with Crippen LogP contribution < -0.4 is 10.2 Å². The van der Waals surface area contributed by atoms with Crippen molar-refractivity contribution in [2.24, 2.45) is 0 Å². The van der Waals surface area contributed by atoms with Gasteiger partial charge in [0.05, 0.1) is 33.8 Å². The fourth-order valence-corrected chi connectivity index (χ4v) is 9.02. The van der Waals surface area contributed by atoms with Crippen molar-refractivity contribution in [3.63, 3.8) is 0 Å². The standard InChI is InChI=1S/C68H117N2O7P/c1-7-10-13-16-19-22-25-28-30-32-34-35-37-38-40-42-45-48-51-54-57-60-67(71)69-65(64-76-78(73,74)75-63-62-70(4,5)6)66(59-56-53-50-47-44-27-24-21-18-15-12-9-3)77-68(72)61-58-55-52-49-46-43-41-39-36-33-31-29-26-23-20-17-14-11-8-2/h11,14,19-20,22-23,28-31,34-36,38-40,43,46,56,59,65-66H,7-10,12-13,15-18,21,24-27,32-33,37,41-42,44-45,47-55,57-58,60-64H2,1-6H3,(H-,69,71,73,74)/b14-11-,22-19-,23-20-,30-28-,31-29-,35-34-,39-36-,40-38-,46-43-,59-56+. The predicted octanol–water partition coefficient (Wildman–Crippen LogP) is 18.9. The minimum atomic E-state index is -4.72. The summed E-state index contributed by atoms with van der Waals surface area (Å²) in [5.74, 6) is -0.607. The third-order valence-corrected chi connectivity index (χ3v) is 14.1. The number of unbranched alkanes of at least 4 members (excludes halogenated alkanes) is 21. The molecule has 0 spiro atoms. The molecule has 78 heavy (non-hydrogen) atoms. The second-order valence-electron chi connectivity index (χ2n) is 21.8. The summed E-state index contributed by atoms with van der Waals surface area (Å²) in [7, 11) is 1.13. The van der Waals surface area contributed by atoms with E-state index < -0.39 is 26.6 Å². The third-order valence-electron chi connectivity index (χ3n) is 13.1. The molecule has 0 aromatic carbocycles. The maximum Gasteiger partial charge on any atom is 0.306 e. The van der Waals surface area contributed by atoms with E-state index in [0.717, 1.165) is 122 Å². The van der Waals surface area contributed by atoms with Crippen LogP contribution >= 0.6 is 7.82 Å². The molecule has 0 rings (SSSR count). The molecule has 1 N–H and O–H groups in total. The van der Waals surface area contributed by atoms with Crippen LogP contribution in [0.3, 0.4) is 0 Å². The summed E-state index contributed by atoms with van der Waals surface area (Å²) in [6, 6.07) is -0.921. The number of esters is 1. The normalized spacial score (nSPS) is 14.5. The van der Waals surface area contributed by atoms with Crippen molar-refractivity contribution in [1.29, 1.82) is 0 Å². The number of likely N-dealkylation sites (N-methyl/N-ethyl adjacent to an activating group) is 1. The molecule has 0 saturated carbocycles. The van der Waals surface area contributed by atoms with Crippen LogP contribution in [0.15, 0.2) is 122 Å². The fourth-order valence-electron chi connectivity index (χ4n) is 8.30. The maximum absolute atomic E-state index is 13.5. The number of hydrogen-bond donors (Lipinski definition) is 1. The van der Waals surface area contributed by atoms with Gasteiger partial charge in [0, 0.05) is 12.8 Å². The van der Waals surface area contributed by atoms with Crippen molar-refractivity contribution in [3.05, 3.63) is 122 Å². The molecule has 0 aliphatic heterocycles. The van der Waals surface area contributed by atoms with Crippen LogP contribution in [0.5, 0.6) is 0 Å². The lowest BCUT2D eigenvalue weighted by Crippen LogP contribution is -2.47. The summed E-state index contributed by atoms with van der Waals surface area (Å²) >= 11 is 0. The predicted molar refractivity (Wildman–Crippen MR) is 334 cm³/mol. The lowest BCUT2D eigenvalue weighted by molar-refractivity contribution is -0.870. The van der Waals surface area contributed by atoms with Crippen molar-refractivity contribution in [2.45, 2.75) is 258 Å². The molecule has 9 nitrogen and oxygen atoms in total. The van der Waals surface area contributed by atoms with Gasteiger partial charge in [-0.1, -0.05) is 233 Å². The Balaban J connectivity index is 5.36. The summed E-state index contributed by atoms with van der Waals surface area (Å²) in [6.45, 7) is 6.65. The average Bonchev–Trinajstić information content (AvgIpc) is 3.40. The first kappa shape index (κ1) is 74.4. The van der Waals surface area contributed by atoms with Gasteiger partial charge < -0.3 is 28.5 Å². The summed E-state index contributed by atoms with van der Waals surface area (Å²) < 4.78 is 30.3. The highest BCUT2D eigenvalue weighted by Gasteiger charge is 2.27. The molecule has 0 heterocycles. The van der Waals surface area contributed by atoms with Crippen LogP contribution in [0.1, 0.15) is 245 Å². The maximum atomic E-state index is 13.5. The first-order chi connectivity index (χ1) is 37.9. The van der Waals surface area contributed by atoms with Crippen molar-refractivity contribution < 1.29 is 37.3 Å². The number of hydrogen-bond acceptors (Lipinski definition) is 7. The van der Waals surface area contributed by atoms with Crippen LogP contribution in [-0.2, 0) is 27.9 Å². The molecule has 3 atom stereocenters. The molecule has 0 aromatic rings. The number of quaternary nitrogens is 1. The number of amides is 1. The fraction of sp³-hybridized carbons (Fsp3) is 0.676. The lowest BCUT2D eigenvalue weighted by Gasteiger charge is -2.30. The van der Waals surface area contributed by atoms with Crippen LogP contribution in [0, 0.1) is 0 Å². The van der Waals surface area contributed by atoms with Gasteiger partial charge in [0.1, 0.15) is 19.3 Å². The van der Waals surface area contributed by atoms with Gasteiger partial charge in [-0.25, -0.2) is 0 Å². The van der Waals surface area contributed by atoms with Crippen molar-refractivity contribution in [2.75, 3.05) is 40.9 Å². The largest absolute Gasteiger partial charge is 0.756 e. The van der Waals surface area contributed by atoms with E-state index in [1.54, 1.807) is 0 Å². The van der Waals surface area contributed by atoms with E-state index in [0.29, 0.717) is 23.9 Å². The number of nitrogens with zero attached hydrogens (tertiary/aromatic N) is 1. The number of carbonyl (C=O) groups excluding carboxylic acids is 2. The molecule has 446 valence electrons. The van der Waals surface area contributed by atoms with Gasteiger partial charge in [-0.2, -0.15) is 0 Å². The highest BCUT2D eigenvalue weighted by atomic mass is 31.2. The lowest BCUT2D eigenvalue weighted by atomic mass is 10.0. The number of phosphoric ester groups is 1. The zero-order valence-corrected chi connectivity index (χ0v) is 51.7. The Labute approximate surface area is 480 Å². The van der Waals surface area contributed by atoms with Crippen molar-refractivity contribution in [1.82, 2.24) is 5.32 Å². The van der Waals surface area contributed by atoms with E-state index in [1.165, 1.54) is 77.0 Å². The minimum Gasteiger partial charge on any atom is -0.756 e. The molecular formula is C68H117N2O7P. The van der Waals surface area contributed by atoms with Gasteiger partial charge in [0.15, 0.2) is 0 Å². The number of ether oxygens (including phenoxy) is 1. The highest BCUT2D eigenvalue weighted by molar-refractivity contribution is 7.45. The summed E-state index contributed by atoms with van der Waals surface area (Å²) in [5.41, 5.74) is 0. The number of carbonyl (C=O) groups is 2. The molecule has 1 amide bonds. The SMILES string of the molecule is CC/C=C\C/C=C\C/C=C\C/C=C\C/C=C\CCCCCC(=O)OC(/C=C/CCCCCCCCCCCC)C(COP(=O)([O-])OCC[N+](C)(C)C)NC(=O)CCCCCCC/C=C\C/C=C\C/C=C\C/C=C\CCCCC. The zero-order chi connectivity index (χ0) is 57.2. The molecule has 0 radical (unpaired) electrons. The van der Waals surface area contributed by atoms with Gasteiger partial charge in [-0.05, 0) is 122 Å². The molecule has 10 heteroatoms. The van der Waals surface area contributed by atoms with E-state index in [1.807, 2.05) is 33.3 Å². The van der Waals surface area contributed by atoms with Crippen molar-refractivity contribution in [3.8, 4) is 0 Å². The number of nitrogens with one attached hydrogen (secondary N) is 1. The highest BCUT2D eigenvalue weighted by Crippen LogP contribution is 2.38. The Hall–Kier alpha value is -3.59. The van der Waals surface area contributed by atoms with Gasteiger partial charge in [-0.15, -0.1) is 0 Å². The summed E-state index contributed by atoms with van der Waals surface area (Å²) in [4.78, 5) is 40.0. The van der Waals surface area contributed by atoms with E-state index in [4.69, 9.17) is 13.8 Å². The second-order valence-corrected chi connectivity index (χ2v) is 23.2. The zero-order valence-electron chi connectivity index (χ0n) is 50.8. The van der Waals surface area contributed by atoms with Gasteiger partial charge in [0.2, 0.25) is 5.91 Å². The topological polar surface area (TPSA) is 114 Å². The van der Waals surface area contributed by atoms with Crippen molar-refractivity contribution >= 4 is 19.7 Å². The van der Waals surface area contributed by atoms with Gasteiger partial charge in [0.25, 0.3) is 7.82 Å². The molecular weight excluding hydrogens is 988 g/mol. The third kappa shape index (κ3) is 57.1. The van der Waals surface area contributed by atoms with E-state index in [9.17, 15) is 19.0 Å². The molecule has 0 saturated heterocycles. The van der Waals surface area contributed by atoms with E-state index >= 15 is 0 Å². The molecule has 0 aliphatic carbocycles. The molecule has 3 unspecified atom stereocenters. The Morgan fingerprint density at radius 3 is 1.27 bits per heavy atom. The van der Waals surface area contributed by atoms with E-state index in [-0.39, 0.29) is 31.3 Å². The van der Waals surface area contributed by atoms with Crippen LogP contribution in [-0.4, -0.2) is 69.4 Å². The molecule has 0 fully saturated rings. The number of phosphoric acid groups is 1. The average molecular weight is 1110 g/mol. The smallest absolute Gasteiger partial charge is 0.306 e. The Bertz CT molecular complexity index is 1750. The van der Waals surface area contributed by atoms with Gasteiger partial charge in [-0.3, -0.25) is 14.2 Å². The second kappa shape index (κ2) is 56.7. The Morgan fingerprint density at radius 1 is 0.462 bits per heavy atom. The molecule has 0 aromatic heterocycles. The molecule has 0 bridgehead atoms. The van der Waals surface area contributed by atoms with Crippen LogP contribution in [0.2, 0.25) is 0 Å². The van der Waals surface area contributed by atoms with Crippen LogP contribution in [0.4, 0.5) is 0 Å². The van der Waals surface area contributed by atoms with Gasteiger partial charge >= 0.3 is 5.97 Å². The summed E-state index contributed by atoms with van der Waals surface area (Å²) in [6.07, 6.45) is 78.8. The Kier molecular flexibility index (Phi) is 54.1. The first-order valence-corrected chi connectivity index (χ1v) is 32.8. The monoisotopic (exact) mass is 1100 g/mol. The Morgan fingerprint density at radius 2 is 0.821 bits per heavy atom. The first-order valence-electron chi connectivity index (χ1n) is 31.3. The minimum absolute atomic E-state index is 0.0386. The van der Waals surface area contributed by atoms with Crippen LogP contribution in [0.25, 0.3) is 0 Å². The number of allylic oxidation sites excluding steroid dienone is 19. The number of rotatable bonds is 55. The molecule has 0 aliphatic rings. The summed E-state index contributed by atoms with van der Waals surface area (Å²) in [5, 5.41) is 3.01. The van der Waals surface area contributed by atoms with E-state index in [2.05, 4.69) is 135 Å². The quantitative estimate of drug-likeness (QED) is 0.0212.